The molecule has 0 radical (unpaired) electrons. The number of pyridine rings is 2. The summed E-state index contributed by atoms with van der Waals surface area (Å²) in [5.41, 5.74) is 0.366. The van der Waals surface area contributed by atoms with Crippen LogP contribution in [-0.2, 0) is 0 Å². The second kappa shape index (κ2) is 6.25. The molecule has 116 valence electrons. The van der Waals surface area contributed by atoms with Gasteiger partial charge < -0.3 is 5.32 Å². The van der Waals surface area contributed by atoms with E-state index in [2.05, 4.69) is 36.2 Å². The molecule has 3 aromatic rings. The number of amides is 1. The third-order valence-electron chi connectivity index (χ3n) is 3.14. The van der Waals surface area contributed by atoms with Gasteiger partial charge in [-0.1, -0.05) is 0 Å². The van der Waals surface area contributed by atoms with Crippen molar-refractivity contribution in [3.63, 3.8) is 0 Å². The lowest BCUT2D eigenvalue weighted by Gasteiger charge is -2.08. The number of nitrogens with one attached hydrogen (secondary N) is 1. The van der Waals surface area contributed by atoms with Gasteiger partial charge in [0, 0.05) is 12.4 Å². The first kappa shape index (κ1) is 15.3. The van der Waals surface area contributed by atoms with Crippen molar-refractivity contribution in [2.75, 3.05) is 5.32 Å². The second-order valence-electron chi connectivity index (χ2n) is 4.69. The molecule has 0 saturated heterocycles. The first-order chi connectivity index (χ1) is 11.0. The zero-order valence-corrected chi connectivity index (χ0v) is 13.6. The maximum atomic E-state index is 13.6. The first-order valence-electron chi connectivity index (χ1n) is 6.63. The van der Waals surface area contributed by atoms with E-state index in [1.807, 2.05) is 11.5 Å². The summed E-state index contributed by atoms with van der Waals surface area (Å²) >= 11 is 3.11. The maximum absolute atomic E-state index is 13.6. The van der Waals surface area contributed by atoms with Crippen molar-refractivity contribution in [2.24, 2.45) is 0 Å². The molecule has 3 aromatic heterocycles. The Morgan fingerprint density at radius 1 is 1.26 bits per heavy atom. The van der Waals surface area contributed by atoms with Gasteiger partial charge in [0.1, 0.15) is 16.2 Å². The molecule has 3 rings (SSSR count). The van der Waals surface area contributed by atoms with Crippen LogP contribution in [0.3, 0.4) is 0 Å². The van der Waals surface area contributed by atoms with Crippen LogP contribution in [0, 0.1) is 12.7 Å². The summed E-state index contributed by atoms with van der Waals surface area (Å²) in [7, 11) is 0. The fourth-order valence-corrected chi connectivity index (χ4v) is 2.34. The maximum Gasteiger partial charge on any atom is 0.258 e. The van der Waals surface area contributed by atoms with Crippen LogP contribution in [0.1, 0.15) is 16.2 Å². The number of imidazole rings is 1. The van der Waals surface area contributed by atoms with Gasteiger partial charge in [0.15, 0.2) is 5.82 Å². The summed E-state index contributed by atoms with van der Waals surface area (Å²) in [6.07, 6.45) is 5.96. The lowest BCUT2D eigenvalue weighted by molar-refractivity contribution is 0.102. The van der Waals surface area contributed by atoms with E-state index in [1.54, 1.807) is 24.5 Å². The third kappa shape index (κ3) is 3.26. The van der Waals surface area contributed by atoms with Gasteiger partial charge in [-0.2, -0.15) is 0 Å². The SMILES string of the molecule is Cc1nccn1-c1ccc(NC(=O)c2cc(Br)ncc2F)cn1. The first-order valence-corrected chi connectivity index (χ1v) is 7.42. The molecule has 1 amide bonds. The fourth-order valence-electron chi connectivity index (χ4n) is 2.01. The Hall–Kier alpha value is -2.61. The molecule has 0 atom stereocenters. The molecule has 0 aromatic carbocycles. The van der Waals surface area contributed by atoms with Crippen LogP contribution in [-0.4, -0.2) is 25.4 Å². The summed E-state index contributed by atoms with van der Waals surface area (Å²) in [6.45, 7) is 1.86. The predicted molar refractivity (Wildman–Crippen MR) is 85.9 cm³/mol. The third-order valence-corrected chi connectivity index (χ3v) is 3.58. The van der Waals surface area contributed by atoms with E-state index in [9.17, 15) is 9.18 Å². The van der Waals surface area contributed by atoms with Crippen LogP contribution in [0.25, 0.3) is 5.82 Å². The molecule has 8 heteroatoms. The Morgan fingerprint density at radius 2 is 2.09 bits per heavy atom. The van der Waals surface area contributed by atoms with E-state index in [-0.39, 0.29) is 5.56 Å². The van der Waals surface area contributed by atoms with E-state index in [0.29, 0.717) is 16.1 Å². The van der Waals surface area contributed by atoms with Gasteiger partial charge in [-0.3, -0.25) is 9.36 Å². The zero-order valence-electron chi connectivity index (χ0n) is 12.0. The number of carbonyl (C=O) groups is 1. The van der Waals surface area contributed by atoms with Crippen LogP contribution in [0.4, 0.5) is 10.1 Å². The van der Waals surface area contributed by atoms with Gasteiger partial charge in [0.05, 0.1) is 23.6 Å². The standard InChI is InChI=1S/C15H11BrFN5O/c1-9-18-4-5-22(9)14-3-2-10(7-20-14)21-15(23)11-6-13(16)19-8-12(11)17/h2-8H,1H3,(H,21,23). The molecule has 1 N–H and O–H groups in total. The Morgan fingerprint density at radius 3 is 2.74 bits per heavy atom. The fraction of sp³-hybridized carbons (Fsp3) is 0.0667. The molecule has 0 aliphatic heterocycles. The minimum atomic E-state index is -0.690. The Bertz CT molecular complexity index is 863. The highest BCUT2D eigenvalue weighted by Gasteiger charge is 2.13. The van der Waals surface area contributed by atoms with Crippen LogP contribution < -0.4 is 5.32 Å². The smallest absolute Gasteiger partial charge is 0.258 e. The number of rotatable bonds is 3. The molecule has 0 bridgehead atoms. The van der Waals surface area contributed by atoms with E-state index < -0.39 is 11.7 Å². The molecule has 0 aliphatic rings. The minimum absolute atomic E-state index is 0.0959. The van der Waals surface area contributed by atoms with Crippen molar-refractivity contribution in [1.82, 2.24) is 19.5 Å². The zero-order chi connectivity index (χ0) is 16.4. The molecular formula is C15H11BrFN5O. The molecular weight excluding hydrogens is 365 g/mol. The van der Waals surface area contributed by atoms with Crippen molar-refractivity contribution >= 4 is 27.5 Å². The highest BCUT2D eigenvalue weighted by molar-refractivity contribution is 9.10. The molecule has 6 nitrogen and oxygen atoms in total. The Balaban J connectivity index is 1.79. The van der Waals surface area contributed by atoms with Crippen molar-refractivity contribution in [1.29, 1.82) is 0 Å². The number of aryl methyl sites for hydroxylation is 1. The van der Waals surface area contributed by atoms with Crippen molar-refractivity contribution in [3.05, 3.63) is 64.8 Å². The minimum Gasteiger partial charge on any atom is -0.320 e. The van der Waals surface area contributed by atoms with Gasteiger partial charge in [-0.05, 0) is 41.1 Å². The van der Waals surface area contributed by atoms with Crippen LogP contribution in [0.5, 0.6) is 0 Å². The average molecular weight is 376 g/mol. The topological polar surface area (TPSA) is 72.7 Å². The quantitative estimate of drug-likeness (QED) is 0.713. The summed E-state index contributed by atoms with van der Waals surface area (Å²) in [6, 6.07) is 4.75. The van der Waals surface area contributed by atoms with Crippen LogP contribution >= 0.6 is 15.9 Å². The Kier molecular flexibility index (Phi) is 4.16. The number of anilines is 1. The number of halogens is 2. The van der Waals surface area contributed by atoms with Crippen molar-refractivity contribution < 1.29 is 9.18 Å². The molecule has 3 heterocycles. The molecule has 0 aliphatic carbocycles. The average Bonchev–Trinajstić information content (AvgIpc) is 2.96. The summed E-state index contributed by atoms with van der Waals surface area (Å²) in [4.78, 5) is 24.2. The van der Waals surface area contributed by atoms with Crippen LogP contribution in [0.2, 0.25) is 0 Å². The summed E-state index contributed by atoms with van der Waals surface area (Å²) < 4.78 is 15.8. The molecule has 0 saturated carbocycles. The second-order valence-corrected chi connectivity index (χ2v) is 5.50. The van der Waals surface area contributed by atoms with Gasteiger partial charge in [-0.15, -0.1) is 0 Å². The largest absolute Gasteiger partial charge is 0.320 e. The summed E-state index contributed by atoms with van der Waals surface area (Å²) in [5.74, 6) is 0.220. The van der Waals surface area contributed by atoms with E-state index in [4.69, 9.17) is 0 Å². The molecule has 0 spiro atoms. The lowest BCUT2D eigenvalue weighted by atomic mass is 10.2. The number of carbonyl (C=O) groups excluding carboxylic acids is 1. The molecule has 23 heavy (non-hydrogen) atoms. The number of aromatic nitrogens is 4. The number of hydrogen-bond acceptors (Lipinski definition) is 4. The number of hydrogen-bond donors (Lipinski definition) is 1. The van der Waals surface area contributed by atoms with Crippen molar-refractivity contribution in [3.8, 4) is 5.82 Å². The molecule has 0 unspecified atom stereocenters. The van der Waals surface area contributed by atoms with Gasteiger partial charge in [-0.25, -0.2) is 19.3 Å². The number of nitrogens with zero attached hydrogens (tertiary/aromatic N) is 4. The normalized spacial score (nSPS) is 10.6. The summed E-state index contributed by atoms with van der Waals surface area (Å²) in [5, 5.41) is 2.60. The van der Waals surface area contributed by atoms with Gasteiger partial charge >= 0.3 is 0 Å². The van der Waals surface area contributed by atoms with E-state index in [1.165, 1.54) is 12.3 Å². The van der Waals surface area contributed by atoms with Gasteiger partial charge in [0.25, 0.3) is 5.91 Å². The lowest BCUT2D eigenvalue weighted by Crippen LogP contribution is -2.14. The predicted octanol–water partition coefficient (Wildman–Crippen LogP) is 3.12. The highest BCUT2D eigenvalue weighted by Crippen LogP contribution is 2.16. The van der Waals surface area contributed by atoms with E-state index in [0.717, 1.165) is 12.0 Å². The Labute approximate surface area is 139 Å². The molecule has 0 fully saturated rings. The van der Waals surface area contributed by atoms with Gasteiger partial charge in [0.2, 0.25) is 0 Å². The monoisotopic (exact) mass is 375 g/mol. The highest BCUT2D eigenvalue weighted by atomic mass is 79.9. The van der Waals surface area contributed by atoms with Crippen molar-refractivity contribution in [2.45, 2.75) is 6.92 Å². The van der Waals surface area contributed by atoms with Crippen LogP contribution in [0.15, 0.2) is 47.6 Å². The van der Waals surface area contributed by atoms with E-state index >= 15 is 0 Å².